The molecule has 2 heterocycles. The molecule has 5 heteroatoms. The Morgan fingerprint density at radius 1 is 1.11 bits per heavy atom. The Kier molecular flexibility index (Phi) is 7.33. The Labute approximate surface area is 163 Å². The van der Waals surface area contributed by atoms with Crippen LogP contribution in [0.1, 0.15) is 30.7 Å². The third-order valence-electron chi connectivity index (χ3n) is 5.48. The highest BCUT2D eigenvalue weighted by Crippen LogP contribution is 2.25. The number of ether oxygens (including phenoxy) is 1. The molecule has 3 rings (SSSR count). The molecule has 5 nitrogen and oxygen atoms in total. The van der Waals surface area contributed by atoms with Crippen molar-refractivity contribution in [3.63, 3.8) is 0 Å². The summed E-state index contributed by atoms with van der Waals surface area (Å²) in [5.41, 5.74) is 1.22. The minimum Gasteiger partial charge on any atom is -0.493 e. The summed E-state index contributed by atoms with van der Waals surface area (Å²) >= 11 is 0. The first-order valence-electron chi connectivity index (χ1n) is 9.98. The van der Waals surface area contributed by atoms with E-state index in [1.54, 1.807) is 6.26 Å². The van der Waals surface area contributed by atoms with Gasteiger partial charge in [-0.3, -0.25) is 4.90 Å². The van der Waals surface area contributed by atoms with E-state index >= 15 is 0 Å². The van der Waals surface area contributed by atoms with Crippen molar-refractivity contribution in [3.05, 3.63) is 54.0 Å². The van der Waals surface area contributed by atoms with Crippen LogP contribution in [-0.4, -0.2) is 68.1 Å². The van der Waals surface area contributed by atoms with Gasteiger partial charge in [0.25, 0.3) is 0 Å². The lowest BCUT2D eigenvalue weighted by Gasteiger charge is -2.32. The summed E-state index contributed by atoms with van der Waals surface area (Å²) in [5, 5.41) is 0. The van der Waals surface area contributed by atoms with Gasteiger partial charge in [-0.2, -0.15) is 0 Å². The smallest absolute Gasteiger partial charge is 0.123 e. The third-order valence-corrected chi connectivity index (χ3v) is 5.48. The van der Waals surface area contributed by atoms with Crippen LogP contribution in [-0.2, 0) is 6.54 Å². The highest BCUT2D eigenvalue weighted by atomic mass is 16.5. The van der Waals surface area contributed by atoms with Gasteiger partial charge in [-0.1, -0.05) is 18.2 Å². The second-order valence-electron chi connectivity index (χ2n) is 7.56. The fraction of sp³-hybridized carbons (Fsp3) is 0.545. The second-order valence-corrected chi connectivity index (χ2v) is 7.56. The molecule has 1 fully saturated rings. The van der Waals surface area contributed by atoms with Crippen molar-refractivity contribution in [2.45, 2.75) is 25.9 Å². The van der Waals surface area contributed by atoms with E-state index in [0.717, 1.165) is 37.6 Å². The number of hydrogen-bond donors (Lipinski definition) is 0. The van der Waals surface area contributed by atoms with Crippen molar-refractivity contribution in [1.82, 2.24) is 14.7 Å². The lowest BCUT2D eigenvalue weighted by Crippen LogP contribution is -2.44. The van der Waals surface area contributed by atoms with E-state index < -0.39 is 0 Å². The first-order chi connectivity index (χ1) is 13.1. The fourth-order valence-corrected chi connectivity index (χ4v) is 3.47. The predicted molar refractivity (Wildman–Crippen MR) is 109 cm³/mol. The predicted octanol–water partition coefficient (Wildman–Crippen LogP) is 3.49. The van der Waals surface area contributed by atoms with Crippen molar-refractivity contribution in [2.75, 3.05) is 53.4 Å². The molecule has 1 aliphatic rings. The number of benzene rings is 1. The number of furan rings is 1. The van der Waals surface area contributed by atoms with E-state index in [0.29, 0.717) is 0 Å². The Hall–Kier alpha value is -1.82. The van der Waals surface area contributed by atoms with Crippen LogP contribution >= 0.6 is 0 Å². The standard InChI is InChI=1S/C22H33N3O2/c1-19(21-10-6-16-26-21)24(3)18-20-8-4-5-9-22(20)27-17-7-11-25-14-12-23(2)13-15-25/h4-6,8-10,16,19H,7,11-15,17-18H2,1-3H3/t19-/m1/s1. The van der Waals surface area contributed by atoms with Crippen molar-refractivity contribution >= 4 is 0 Å². The Balaban J connectivity index is 1.47. The molecule has 0 unspecified atom stereocenters. The van der Waals surface area contributed by atoms with Crippen molar-refractivity contribution in [3.8, 4) is 5.75 Å². The van der Waals surface area contributed by atoms with Gasteiger partial charge in [0, 0.05) is 44.8 Å². The SMILES string of the molecule is C[C@H](c1ccco1)N(C)Cc1ccccc1OCCCN1CCN(C)CC1. The summed E-state index contributed by atoms with van der Waals surface area (Å²) in [6, 6.07) is 12.6. The summed E-state index contributed by atoms with van der Waals surface area (Å²) in [6.45, 7) is 9.56. The first kappa shape index (κ1) is 19.9. The Bertz CT molecular complexity index is 666. The zero-order valence-electron chi connectivity index (χ0n) is 16.9. The van der Waals surface area contributed by atoms with Crippen LogP contribution in [0, 0.1) is 0 Å². The summed E-state index contributed by atoms with van der Waals surface area (Å²) in [5.74, 6) is 1.98. The molecule has 27 heavy (non-hydrogen) atoms. The van der Waals surface area contributed by atoms with Gasteiger partial charge in [0.15, 0.2) is 0 Å². The number of likely N-dealkylation sites (N-methyl/N-ethyl adjacent to an activating group) is 1. The molecule has 0 saturated carbocycles. The Morgan fingerprint density at radius 2 is 1.89 bits per heavy atom. The third kappa shape index (κ3) is 5.83. The van der Waals surface area contributed by atoms with Crippen molar-refractivity contribution in [2.24, 2.45) is 0 Å². The molecular weight excluding hydrogens is 338 g/mol. The maximum absolute atomic E-state index is 6.13. The summed E-state index contributed by atoms with van der Waals surface area (Å²) in [4.78, 5) is 7.21. The summed E-state index contributed by atoms with van der Waals surface area (Å²) in [7, 11) is 4.32. The minimum absolute atomic E-state index is 0.227. The zero-order valence-corrected chi connectivity index (χ0v) is 16.9. The van der Waals surface area contributed by atoms with E-state index in [1.807, 2.05) is 12.1 Å². The maximum atomic E-state index is 6.13. The van der Waals surface area contributed by atoms with E-state index in [1.165, 1.54) is 31.7 Å². The lowest BCUT2D eigenvalue weighted by atomic mass is 10.1. The number of para-hydroxylation sites is 1. The molecule has 1 saturated heterocycles. The summed E-state index contributed by atoms with van der Waals surface area (Å²) < 4.78 is 11.7. The minimum atomic E-state index is 0.227. The zero-order chi connectivity index (χ0) is 19.1. The van der Waals surface area contributed by atoms with Gasteiger partial charge in [-0.25, -0.2) is 0 Å². The molecule has 1 aromatic carbocycles. The van der Waals surface area contributed by atoms with Crippen LogP contribution in [0.15, 0.2) is 47.1 Å². The van der Waals surface area contributed by atoms with Gasteiger partial charge >= 0.3 is 0 Å². The number of nitrogens with zero attached hydrogens (tertiary/aromatic N) is 3. The van der Waals surface area contributed by atoms with Crippen LogP contribution in [0.25, 0.3) is 0 Å². The van der Waals surface area contributed by atoms with E-state index in [9.17, 15) is 0 Å². The molecule has 0 aliphatic carbocycles. The van der Waals surface area contributed by atoms with E-state index in [2.05, 4.69) is 60.0 Å². The average Bonchev–Trinajstić information content (AvgIpc) is 3.22. The number of rotatable bonds is 9. The molecule has 1 aliphatic heterocycles. The van der Waals surface area contributed by atoms with Crippen LogP contribution in [0.4, 0.5) is 0 Å². The van der Waals surface area contributed by atoms with Crippen LogP contribution in [0.2, 0.25) is 0 Å². The molecule has 0 spiro atoms. The van der Waals surface area contributed by atoms with Crippen LogP contribution in [0.3, 0.4) is 0 Å². The molecule has 148 valence electrons. The maximum Gasteiger partial charge on any atom is 0.123 e. The Morgan fingerprint density at radius 3 is 2.63 bits per heavy atom. The highest BCUT2D eigenvalue weighted by molar-refractivity contribution is 5.33. The molecule has 0 radical (unpaired) electrons. The lowest BCUT2D eigenvalue weighted by molar-refractivity contribution is 0.145. The van der Waals surface area contributed by atoms with Crippen LogP contribution in [0.5, 0.6) is 5.75 Å². The number of piperazine rings is 1. The van der Waals surface area contributed by atoms with Crippen molar-refractivity contribution in [1.29, 1.82) is 0 Å². The van der Waals surface area contributed by atoms with Gasteiger partial charge in [-0.05, 0) is 45.6 Å². The highest BCUT2D eigenvalue weighted by Gasteiger charge is 2.16. The summed E-state index contributed by atoms with van der Waals surface area (Å²) in [6.07, 6.45) is 2.80. The normalized spacial score (nSPS) is 17.3. The monoisotopic (exact) mass is 371 g/mol. The largest absolute Gasteiger partial charge is 0.493 e. The van der Waals surface area contributed by atoms with Gasteiger partial charge in [0.1, 0.15) is 11.5 Å². The van der Waals surface area contributed by atoms with Gasteiger partial charge in [-0.15, -0.1) is 0 Å². The quantitative estimate of drug-likeness (QED) is 0.630. The fourth-order valence-electron chi connectivity index (χ4n) is 3.47. The molecule has 0 N–H and O–H groups in total. The van der Waals surface area contributed by atoms with Crippen molar-refractivity contribution < 1.29 is 9.15 Å². The van der Waals surface area contributed by atoms with E-state index in [4.69, 9.17) is 9.15 Å². The molecular formula is C22H33N3O2. The molecule has 0 bridgehead atoms. The van der Waals surface area contributed by atoms with Gasteiger partial charge < -0.3 is 19.0 Å². The van der Waals surface area contributed by atoms with Crippen LogP contribution < -0.4 is 4.74 Å². The van der Waals surface area contributed by atoms with Gasteiger partial charge in [0.2, 0.25) is 0 Å². The van der Waals surface area contributed by atoms with Gasteiger partial charge in [0.05, 0.1) is 18.9 Å². The average molecular weight is 372 g/mol. The molecule has 1 aromatic heterocycles. The molecule has 2 aromatic rings. The first-order valence-corrected chi connectivity index (χ1v) is 9.98. The molecule has 1 atom stereocenters. The topological polar surface area (TPSA) is 32.1 Å². The molecule has 0 amide bonds. The van der Waals surface area contributed by atoms with E-state index in [-0.39, 0.29) is 6.04 Å². The second kappa shape index (κ2) is 9.93. The number of hydrogen-bond acceptors (Lipinski definition) is 5.